The SMILES string of the molecule is CCN(CC)c1ccc(S(=O)(=O)N2CCOCC2)cc1NC(=O)c1cc(-c2ccc(C)cc2)no1. The first-order valence-corrected chi connectivity index (χ1v) is 13.1. The lowest BCUT2D eigenvalue weighted by atomic mass is 10.1. The molecule has 1 aliphatic heterocycles. The van der Waals surface area contributed by atoms with E-state index in [-0.39, 0.29) is 10.7 Å². The summed E-state index contributed by atoms with van der Waals surface area (Å²) >= 11 is 0. The lowest BCUT2D eigenvalue weighted by molar-refractivity contribution is 0.0730. The Morgan fingerprint density at radius 1 is 1.06 bits per heavy atom. The number of aromatic nitrogens is 1. The van der Waals surface area contributed by atoms with Gasteiger partial charge in [-0.05, 0) is 39.0 Å². The topological polar surface area (TPSA) is 105 Å². The molecule has 1 fully saturated rings. The van der Waals surface area contributed by atoms with Gasteiger partial charge in [-0.3, -0.25) is 4.79 Å². The number of anilines is 2. The second kappa shape index (κ2) is 10.6. The lowest BCUT2D eigenvalue weighted by Gasteiger charge is -2.28. The molecular formula is C25H30N4O5S. The Morgan fingerprint density at radius 3 is 2.40 bits per heavy atom. The summed E-state index contributed by atoms with van der Waals surface area (Å²) in [5.41, 5.74) is 3.61. The molecule has 10 heteroatoms. The Balaban J connectivity index is 1.64. The van der Waals surface area contributed by atoms with Crippen LogP contribution in [-0.4, -0.2) is 63.2 Å². The highest BCUT2D eigenvalue weighted by atomic mass is 32.2. The molecule has 0 atom stereocenters. The van der Waals surface area contributed by atoms with E-state index in [1.54, 1.807) is 18.2 Å². The maximum Gasteiger partial charge on any atom is 0.294 e. The Hall–Kier alpha value is -3.21. The van der Waals surface area contributed by atoms with E-state index >= 15 is 0 Å². The number of carbonyl (C=O) groups is 1. The van der Waals surface area contributed by atoms with Gasteiger partial charge in [-0.25, -0.2) is 8.42 Å². The number of hydrogen-bond acceptors (Lipinski definition) is 7. The van der Waals surface area contributed by atoms with Crippen LogP contribution in [0.25, 0.3) is 11.3 Å². The average Bonchev–Trinajstić information content (AvgIpc) is 3.37. The standard InChI is InChI=1S/C25H30N4O5S/c1-4-28(5-2)23-11-10-20(35(31,32)29-12-14-33-15-13-29)16-22(23)26-25(30)24-17-21(27-34-24)19-8-6-18(3)7-9-19/h6-11,16-17H,4-5,12-15H2,1-3H3,(H,26,30). The van der Waals surface area contributed by atoms with Gasteiger partial charge in [0, 0.05) is 37.8 Å². The minimum Gasteiger partial charge on any atom is -0.379 e. The number of amides is 1. The zero-order valence-corrected chi connectivity index (χ0v) is 21.0. The van der Waals surface area contributed by atoms with Crippen molar-refractivity contribution in [2.45, 2.75) is 25.7 Å². The van der Waals surface area contributed by atoms with Crippen LogP contribution in [0.2, 0.25) is 0 Å². The molecule has 35 heavy (non-hydrogen) atoms. The van der Waals surface area contributed by atoms with Crippen LogP contribution >= 0.6 is 0 Å². The van der Waals surface area contributed by atoms with Crippen molar-refractivity contribution < 1.29 is 22.5 Å². The molecule has 0 spiro atoms. The first kappa shape index (κ1) is 24.9. The van der Waals surface area contributed by atoms with E-state index in [9.17, 15) is 13.2 Å². The van der Waals surface area contributed by atoms with Crippen LogP contribution in [0, 0.1) is 6.92 Å². The minimum absolute atomic E-state index is 0.0347. The predicted octanol–water partition coefficient (Wildman–Crippen LogP) is 3.77. The number of ether oxygens (including phenoxy) is 1. The fourth-order valence-corrected chi connectivity index (χ4v) is 5.41. The van der Waals surface area contributed by atoms with Crippen molar-refractivity contribution in [1.82, 2.24) is 9.46 Å². The zero-order chi connectivity index (χ0) is 25.0. The van der Waals surface area contributed by atoms with Crippen molar-refractivity contribution in [2.75, 3.05) is 49.6 Å². The Morgan fingerprint density at radius 2 is 1.74 bits per heavy atom. The van der Waals surface area contributed by atoms with Gasteiger partial charge < -0.3 is 19.5 Å². The fourth-order valence-electron chi connectivity index (χ4n) is 3.98. The molecule has 3 aromatic rings. The van der Waals surface area contributed by atoms with Crippen molar-refractivity contribution in [3.63, 3.8) is 0 Å². The molecule has 9 nitrogen and oxygen atoms in total. The molecule has 1 amide bonds. The quantitative estimate of drug-likeness (QED) is 0.504. The van der Waals surface area contributed by atoms with E-state index in [0.29, 0.717) is 50.8 Å². The van der Waals surface area contributed by atoms with Gasteiger partial charge >= 0.3 is 0 Å². The van der Waals surface area contributed by atoms with E-state index in [1.165, 1.54) is 10.4 Å². The van der Waals surface area contributed by atoms with Crippen molar-refractivity contribution in [3.8, 4) is 11.3 Å². The van der Waals surface area contributed by atoms with E-state index in [2.05, 4.69) is 10.5 Å². The molecule has 1 aliphatic rings. The number of nitrogens with zero attached hydrogens (tertiary/aromatic N) is 3. The smallest absolute Gasteiger partial charge is 0.294 e. The summed E-state index contributed by atoms with van der Waals surface area (Å²) in [5, 5.41) is 6.87. The number of benzene rings is 2. The second-order valence-electron chi connectivity index (χ2n) is 8.26. The molecular weight excluding hydrogens is 468 g/mol. The molecule has 1 N–H and O–H groups in total. The Labute approximate surface area is 205 Å². The van der Waals surface area contributed by atoms with E-state index in [1.807, 2.05) is 49.9 Å². The van der Waals surface area contributed by atoms with Crippen LogP contribution in [-0.2, 0) is 14.8 Å². The molecule has 2 heterocycles. The van der Waals surface area contributed by atoms with Gasteiger partial charge in [-0.2, -0.15) is 4.31 Å². The van der Waals surface area contributed by atoms with Crippen LogP contribution in [0.5, 0.6) is 0 Å². The summed E-state index contributed by atoms with van der Waals surface area (Å²) < 4.78 is 38.4. The Kier molecular flexibility index (Phi) is 7.54. The third-order valence-corrected chi connectivity index (χ3v) is 7.90. The van der Waals surface area contributed by atoms with Gasteiger partial charge in [0.2, 0.25) is 15.8 Å². The molecule has 0 unspecified atom stereocenters. The normalized spacial score (nSPS) is 14.6. The molecule has 1 aromatic heterocycles. The maximum absolute atomic E-state index is 13.2. The first-order valence-electron chi connectivity index (χ1n) is 11.7. The number of sulfonamides is 1. The van der Waals surface area contributed by atoms with Gasteiger partial charge in [0.15, 0.2) is 0 Å². The predicted molar refractivity (Wildman–Crippen MR) is 134 cm³/mol. The summed E-state index contributed by atoms with van der Waals surface area (Å²) in [5.74, 6) is -0.474. The summed E-state index contributed by atoms with van der Waals surface area (Å²) in [4.78, 5) is 15.2. The fraction of sp³-hybridized carbons (Fsp3) is 0.360. The van der Waals surface area contributed by atoms with Crippen molar-refractivity contribution in [3.05, 3.63) is 59.9 Å². The van der Waals surface area contributed by atoms with Crippen LogP contribution in [0.1, 0.15) is 30.0 Å². The number of morpholine rings is 1. The van der Waals surface area contributed by atoms with Crippen molar-refractivity contribution in [2.24, 2.45) is 0 Å². The molecule has 0 radical (unpaired) electrons. The summed E-state index contributed by atoms with van der Waals surface area (Å²) in [6.07, 6.45) is 0. The van der Waals surface area contributed by atoms with Gasteiger partial charge in [-0.1, -0.05) is 35.0 Å². The van der Waals surface area contributed by atoms with E-state index in [4.69, 9.17) is 9.26 Å². The van der Waals surface area contributed by atoms with E-state index < -0.39 is 15.9 Å². The van der Waals surface area contributed by atoms with Crippen molar-refractivity contribution in [1.29, 1.82) is 0 Å². The summed E-state index contributed by atoms with van der Waals surface area (Å²) in [6, 6.07) is 14.1. The number of hydrogen-bond donors (Lipinski definition) is 1. The van der Waals surface area contributed by atoms with Crippen LogP contribution in [0.3, 0.4) is 0 Å². The molecule has 186 valence electrons. The highest BCUT2D eigenvalue weighted by Crippen LogP contribution is 2.31. The third kappa shape index (κ3) is 5.39. The number of rotatable bonds is 8. The molecule has 0 bridgehead atoms. The van der Waals surface area contributed by atoms with Gasteiger partial charge in [0.05, 0.1) is 29.5 Å². The van der Waals surface area contributed by atoms with Gasteiger partial charge in [-0.15, -0.1) is 0 Å². The third-order valence-electron chi connectivity index (χ3n) is 6.01. The monoisotopic (exact) mass is 498 g/mol. The molecule has 4 rings (SSSR count). The Bertz CT molecular complexity index is 1280. The van der Waals surface area contributed by atoms with Crippen LogP contribution in [0.4, 0.5) is 11.4 Å². The largest absolute Gasteiger partial charge is 0.379 e. The number of carbonyl (C=O) groups excluding carboxylic acids is 1. The van der Waals surface area contributed by atoms with E-state index in [0.717, 1.165) is 16.8 Å². The summed E-state index contributed by atoms with van der Waals surface area (Å²) in [7, 11) is -3.73. The minimum atomic E-state index is -3.73. The zero-order valence-electron chi connectivity index (χ0n) is 20.2. The second-order valence-corrected chi connectivity index (χ2v) is 10.2. The maximum atomic E-state index is 13.2. The molecule has 1 saturated heterocycles. The average molecular weight is 499 g/mol. The first-order chi connectivity index (χ1) is 16.8. The van der Waals surface area contributed by atoms with Crippen LogP contribution < -0.4 is 10.2 Å². The summed E-state index contributed by atoms with van der Waals surface area (Å²) in [6.45, 7) is 8.67. The lowest BCUT2D eigenvalue weighted by Crippen LogP contribution is -2.40. The van der Waals surface area contributed by atoms with Crippen molar-refractivity contribution >= 4 is 27.3 Å². The highest BCUT2D eigenvalue weighted by Gasteiger charge is 2.28. The number of nitrogens with one attached hydrogen (secondary N) is 1. The van der Waals surface area contributed by atoms with Gasteiger partial charge in [0.1, 0.15) is 5.69 Å². The highest BCUT2D eigenvalue weighted by molar-refractivity contribution is 7.89. The number of aryl methyl sites for hydroxylation is 1. The molecule has 0 aliphatic carbocycles. The van der Waals surface area contributed by atoms with Gasteiger partial charge in [0.25, 0.3) is 5.91 Å². The molecule has 0 saturated carbocycles. The molecule has 2 aromatic carbocycles. The van der Waals surface area contributed by atoms with Crippen LogP contribution in [0.15, 0.2) is 57.9 Å².